The molecule has 0 aliphatic carbocycles. The van der Waals surface area contributed by atoms with Crippen molar-refractivity contribution in [2.75, 3.05) is 12.4 Å². The van der Waals surface area contributed by atoms with Crippen LogP contribution in [0.4, 0.5) is 11.6 Å². The Bertz CT molecular complexity index is 624. The molecular weight excluding hydrogens is 254 g/mol. The number of nitrogens with one attached hydrogen (secondary N) is 2. The second-order valence-corrected chi connectivity index (χ2v) is 3.43. The molecule has 0 spiro atoms. The van der Waals surface area contributed by atoms with Crippen LogP contribution >= 0.6 is 0 Å². The summed E-state index contributed by atoms with van der Waals surface area (Å²) in [4.78, 5) is 25.7. The molecule has 0 atom stereocenters. The number of hydrogen-bond acceptors (Lipinski definition) is 6. The Morgan fingerprint density at radius 2 is 2.32 bits per heavy atom. The Labute approximate surface area is 106 Å². The van der Waals surface area contributed by atoms with E-state index in [1.807, 2.05) is 0 Å². The van der Waals surface area contributed by atoms with Crippen LogP contribution in [0.3, 0.4) is 0 Å². The monoisotopic (exact) mass is 263 g/mol. The number of nitro groups is 1. The number of ether oxygens (including phenoxy) is 1. The Kier molecular flexibility index (Phi) is 3.37. The number of non-ortho nitro benzene ring substituents is 1. The number of methoxy groups -OCH3 is 1. The van der Waals surface area contributed by atoms with Crippen LogP contribution in [-0.4, -0.2) is 33.1 Å². The molecule has 2 N–H and O–H groups in total. The summed E-state index contributed by atoms with van der Waals surface area (Å²) >= 11 is 0. The normalized spacial score (nSPS) is 9.95. The van der Waals surface area contributed by atoms with E-state index in [0.717, 1.165) is 0 Å². The number of hydrogen-bond donors (Lipinski definition) is 2. The Balaban J connectivity index is 2.15. The maximum Gasteiger partial charge on any atom is 0.336 e. The largest absolute Gasteiger partial charge is 0.466 e. The Morgan fingerprint density at radius 1 is 1.53 bits per heavy atom. The fourth-order valence-electron chi connectivity index (χ4n) is 1.33. The van der Waals surface area contributed by atoms with Crippen LogP contribution in [0, 0.1) is 10.1 Å². The lowest BCUT2D eigenvalue weighted by molar-refractivity contribution is -0.384. The van der Waals surface area contributed by atoms with E-state index in [-0.39, 0.29) is 23.2 Å². The summed E-state index contributed by atoms with van der Waals surface area (Å²) in [6.45, 7) is 0. The second-order valence-electron chi connectivity index (χ2n) is 3.43. The van der Waals surface area contributed by atoms with Crippen molar-refractivity contribution in [3.8, 4) is 6.01 Å². The standard InChI is InChI=1S/C10H9N5O4/c1-19-10-12-9(13-14-10)11-8(16)6-3-2-4-7(5-6)15(17)18/h2-5H,1H3,(H2,11,12,13,14,16). The molecule has 1 amide bonds. The zero-order chi connectivity index (χ0) is 13.8. The fourth-order valence-corrected chi connectivity index (χ4v) is 1.33. The summed E-state index contributed by atoms with van der Waals surface area (Å²) in [7, 11) is 1.38. The second kappa shape index (κ2) is 5.12. The third-order valence-corrected chi connectivity index (χ3v) is 2.20. The molecule has 9 heteroatoms. The highest BCUT2D eigenvalue weighted by molar-refractivity contribution is 6.03. The summed E-state index contributed by atoms with van der Waals surface area (Å²) in [5.41, 5.74) is -0.0210. The first kappa shape index (κ1) is 12.5. The first-order valence-electron chi connectivity index (χ1n) is 5.12. The van der Waals surface area contributed by atoms with Crippen LogP contribution in [-0.2, 0) is 0 Å². The molecule has 98 valence electrons. The first-order chi connectivity index (χ1) is 9.10. The summed E-state index contributed by atoms with van der Waals surface area (Å²) in [6.07, 6.45) is 0. The lowest BCUT2D eigenvalue weighted by atomic mass is 10.2. The van der Waals surface area contributed by atoms with E-state index >= 15 is 0 Å². The SMILES string of the molecule is COc1n[nH]c(NC(=O)c2cccc([N+](=O)[O-])c2)n1. The highest BCUT2D eigenvalue weighted by Crippen LogP contribution is 2.14. The van der Waals surface area contributed by atoms with Gasteiger partial charge in [-0.2, -0.15) is 4.98 Å². The number of anilines is 1. The molecule has 0 radical (unpaired) electrons. The van der Waals surface area contributed by atoms with Gasteiger partial charge in [-0.25, -0.2) is 5.10 Å². The Morgan fingerprint density at radius 3 is 2.95 bits per heavy atom. The lowest BCUT2D eigenvalue weighted by Crippen LogP contribution is -2.13. The number of amides is 1. The van der Waals surface area contributed by atoms with E-state index in [1.54, 1.807) is 0 Å². The number of rotatable bonds is 4. The number of benzene rings is 1. The third kappa shape index (κ3) is 2.83. The zero-order valence-corrected chi connectivity index (χ0v) is 9.78. The number of nitro benzene ring substituents is 1. The molecule has 1 aromatic heterocycles. The number of H-pyrrole nitrogens is 1. The van der Waals surface area contributed by atoms with Gasteiger partial charge in [-0.15, -0.1) is 5.10 Å². The smallest absolute Gasteiger partial charge is 0.336 e. The van der Waals surface area contributed by atoms with Crippen molar-refractivity contribution in [2.24, 2.45) is 0 Å². The molecule has 0 bridgehead atoms. The predicted molar refractivity (Wildman–Crippen MR) is 64.0 cm³/mol. The van der Waals surface area contributed by atoms with Gasteiger partial charge in [0.1, 0.15) is 0 Å². The molecule has 0 unspecified atom stereocenters. The molecule has 1 aromatic carbocycles. The highest BCUT2D eigenvalue weighted by Gasteiger charge is 2.13. The van der Waals surface area contributed by atoms with E-state index < -0.39 is 10.8 Å². The van der Waals surface area contributed by atoms with Crippen LogP contribution in [0.1, 0.15) is 10.4 Å². The maximum absolute atomic E-state index is 11.8. The minimum absolute atomic E-state index is 0.0781. The lowest BCUT2D eigenvalue weighted by Gasteiger charge is -2.00. The maximum atomic E-state index is 11.8. The molecular formula is C10H9N5O4. The van der Waals surface area contributed by atoms with Crippen LogP contribution in [0.15, 0.2) is 24.3 Å². The average Bonchev–Trinajstić information content (AvgIpc) is 2.86. The third-order valence-electron chi connectivity index (χ3n) is 2.20. The van der Waals surface area contributed by atoms with Gasteiger partial charge in [0, 0.05) is 17.7 Å². The predicted octanol–water partition coefficient (Wildman–Crippen LogP) is 0.974. The summed E-state index contributed by atoms with van der Waals surface area (Å²) in [5.74, 6) is -0.448. The van der Waals surface area contributed by atoms with E-state index in [2.05, 4.69) is 20.5 Å². The van der Waals surface area contributed by atoms with Gasteiger partial charge in [0.05, 0.1) is 12.0 Å². The van der Waals surface area contributed by atoms with Gasteiger partial charge in [0.15, 0.2) is 0 Å². The molecule has 19 heavy (non-hydrogen) atoms. The summed E-state index contributed by atoms with van der Waals surface area (Å²) < 4.78 is 4.74. The minimum Gasteiger partial charge on any atom is -0.466 e. The van der Waals surface area contributed by atoms with Crippen molar-refractivity contribution in [1.82, 2.24) is 15.2 Å². The number of carbonyl (C=O) groups is 1. The Hall–Kier alpha value is -2.97. The quantitative estimate of drug-likeness (QED) is 0.625. The van der Waals surface area contributed by atoms with E-state index in [0.29, 0.717) is 0 Å². The van der Waals surface area contributed by atoms with Crippen molar-refractivity contribution >= 4 is 17.5 Å². The van der Waals surface area contributed by atoms with Gasteiger partial charge in [0.25, 0.3) is 11.6 Å². The van der Waals surface area contributed by atoms with Gasteiger partial charge in [-0.1, -0.05) is 6.07 Å². The minimum atomic E-state index is -0.575. The van der Waals surface area contributed by atoms with Crippen LogP contribution in [0.25, 0.3) is 0 Å². The molecule has 0 aliphatic heterocycles. The fraction of sp³-hybridized carbons (Fsp3) is 0.100. The van der Waals surface area contributed by atoms with Crippen molar-refractivity contribution in [3.63, 3.8) is 0 Å². The van der Waals surface area contributed by atoms with Crippen molar-refractivity contribution < 1.29 is 14.5 Å². The van der Waals surface area contributed by atoms with Crippen molar-refractivity contribution in [2.45, 2.75) is 0 Å². The average molecular weight is 263 g/mol. The van der Waals surface area contributed by atoms with Crippen molar-refractivity contribution in [1.29, 1.82) is 0 Å². The molecule has 0 fully saturated rings. The molecule has 0 aliphatic rings. The molecule has 0 saturated carbocycles. The van der Waals surface area contributed by atoms with Gasteiger partial charge >= 0.3 is 6.01 Å². The van der Waals surface area contributed by atoms with Gasteiger partial charge in [-0.3, -0.25) is 20.2 Å². The van der Waals surface area contributed by atoms with Gasteiger partial charge < -0.3 is 4.74 Å². The van der Waals surface area contributed by atoms with E-state index in [4.69, 9.17) is 4.74 Å². The molecule has 1 heterocycles. The van der Waals surface area contributed by atoms with Crippen LogP contribution in [0.2, 0.25) is 0 Å². The number of aromatic amines is 1. The molecule has 2 rings (SSSR count). The highest BCUT2D eigenvalue weighted by atomic mass is 16.6. The molecule has 2 aromatic rings. The number of nitrogens with zero attached hydrogens (tertiary/aromatic N) is 3. The van der Waals surface area contributed by atoms with E-state index in [9.17, 15) is 14.9 Å². The zero-order valence-electron chi connectivity index (χ0n) is 9.78. The van der Waals surface area contributed by atoms with Gasteiger partial charge in [0.2, 0.25) is 5.95 Å². The molecule has 9 nitrogen and oxygen atoms in total. The van der Waals surface area contributed by atoms with Gasteiger partial charge in [-0.05, 0) is 6.07 Å². The van der Waals surface area contributed by atoms with Crippen molar-refractivity contribution in [3.05, 3.63) is 39.9 Å². The first-order valence-corrected chi connectivity index (χ1v) is 5.12. The summed E-state index contributed by atoms with van der Waals surface area (Å²) in [5, 5.41) is 19.1. The number of aromatic nitrogens is 3. The van der Waals surface area contributed by atoms with E-state index in [1.165, 1.54) is 31.4 Å². The van der Waals surface area contributed by atoms with Crippen LogP contribution < -0.4 is 10.1 Å². The topological polar surface area (TPSA) is 123 Å². The van der Waals surface area contributed by atoms with Crippen LogP contribution in [0.5, 0.6) is 6.01 Å². The number of carbonyl (C=O) groups excluding carboxylic acids is 1. The summed E-state index contributed by atoms with van der Waals surface area (Å²) in [6, 6.07) is 5.43. The molecule has 0 saturated heterocycles.